The summed E-state index contributed by atoms with van der Waals surface area (Å²) in [5.74, 6) is 1.76. The zero-order valence-electron chi connectivity index (χ0n) is 14.6. The average molecular weight is 367 g/mol. The molecule has 0 aliphatic heterocycles. The minimum atomic E-state index is 0.563. The molecule has 0 saturated heterocycles. The molecule has 132 valence electrons. The van der Waals surface area contributed by atoms with Gasteiger partial charge in [0.2, 0.25) is 5.75 Å². The molecule has 0 saturated carbocycles. The third-order valence-corrected chi connectivity index (χ3v) is 4.86. The number of hydrogen-bond acceptors (Lipinski definition) is 6. The lowest BCUT2D eigenvalue weighted by molar-refractivity contribution is 0.324. The minimum absolute atomic E-state index is 0.563. The largest absolute Gasteiger partial charge is 0.493 e. The van der Waals surface area contributed by atoms with Gasteiger partial charge in [0, 0.05) is 22.7 Å². The molecule has 1 aromatic carbocycles. The van der Waals surface area contributed by atoms with Crippen LogP contribution in [0.25, 0.3) is 28.2 Å². The SMILES string of the molecule is COc1cc(-c2cnc3cnc(-c4ccsc4)cn23)cc(OC)c1OC. The fourth-order valence-electron chi connectivity index (χ4n) is 2.89. The lowest BCUT2D eigenvalue weighted by atomic mass is 10.1. The molecule has 0 N–H and O–H groups in total. The van der Waals surface area contributed by atoms with E-state index in [1.54, 1.807) is 38.9 Å². The Morgan fingerprint density at radius 1 is 0.923 bits per heavy atom. The maximum atomic E-state index is 5.47. The van der Waals surface area contributed by atoms with Gasteiger partial charge in [-0.25, -0.2) is 4.98 Å². The van der Waals surface area contributed by atoms with Crippen LogP contribution in [0, 0.1) is 0 Å². The van der Waals surface area contributed by atoms with Gasteiger partial charge in [0.1, 0.15) is 0 Å². The molecule has 4 aromatic rings. The fourth-order valence-corrected chi connectivity index (χ4v) is 3.54. The summed E-state index contributed by atoms with van der Waals surface area (Å²) >= 11 is 1.64. The van der Waals surface area contributed by atoms with Gasteiger partial charge in [-0.3, -0.25) is 9.38 Å². The van der Waals surface area contributed by atoms with Gasteiger partial charge in [0.05, 0.1) is 45.1 Å². The van der Waals surface area contributed by atoms with Crippen molar-refractivity contribution in [3.05, 3.63) is 47.5 Å². The van der Waals surface area contributed by atoms with E-state index in [9.17, 15) is 0 Å². The van der Waals surface area contributed by atoms with Crippen molar-refractivity contribution in [2.75, 3.05) is 21.3 Å². The van der Waals surface area contributed by atoms with Crippen LogP contribution >= 0.6 is 11.3 Å². The molecule has 3 heterocycles. The van der Waals surface area contributed by atoms with Gasteiger partial charge in [-0.15, -0.1) is 0 Å². The molecule has 0 fully saturated rings. The number of ether oxygens (including phenoxy) is 3. The molecule has 0 spiro atoms. The Morgan fingerprint density at radius 3 is 2.31 bits per heavy atom. The Labute approximate surface area is 154 Å². The Hall–Kier alpha value is -3.06. The summed E-state index contributed by atoms with van der Waals surface area (Å²) in [6, 6.07) is 5.87. The third kappa shape index (κ3) is 2.66. The standard InChI is InChI=1S/C19H17N3O3S/c1-23-16-6-13(7-17(24-2)19(16)25-3)15-8-21-18-9-20-14(10-22(15)18)12-4-5-26-11-12/h4-11H,1-3H3. The van der Waals surface area contributed by atoms with E-state index in [1.807, 2.05) is 34.3 Å². The van der Waals surface area contributed by atoms with Crippen LogP contribution in [0.1, 0.15) is 0 Å². The lowest BCUT2D eigenvalue weighted by Gasteiger charge is -2.14. The van der Waals surface area contributed by atoms with Crippen LogP contribution in [0.4, 0.5) is 0 Å². The van der Waals surface area contributed by atoms with Crippen molar-refractivity contribution < 1.29 is 14.2 Å². The molecule has 0 bridgehead atoms. The van der Waals surface area contributed by atoms with Crippen molar-refractivity contribution in [1.82, 2.24) is 14.4 Å². The normalized spacial score (nSPS) is 10.9. The molecule has 6 nitrogen and oxygen atoms in total. The highest BCUT2D eigenvalue weighted by Gasteiger charge is 2.16. The zero-order valence-corrected chi connectivity index (χ0v) is 15.4. The molecule has 3 aromatic heterocycles. The number of thiophene rings is 1. The molecule has 0 amide bonds. The van der Waals surface area contributed by atoms with E-state index in [-0.39, 0.29) is 0 Å². The van der Waals surface area contributed by atoms with Gasteiger partial charge in [-0.2, -0.15) is 11.3 Å². The smallest absolute Gasteiger partial charge is 0.203 e. The van der Waals surface area contributed by atoms with E-state index < -0.39 is 0 Å². The number of imidazole rings is 1. The summed E-state index contributed by atoms with van der Waals surface area (Å²) in [7, 11) is 4.80. The van der Waals surface area contributed by atoms with Crippen molar-refractivity contribution in [3.8, 4) is 39.8 Å². The summed E-state index contributed by atoms with van der Waals surface area (Å²) < 4.78 is 18.4. The molecule has 0 radical (unpaired) electrons. The second-order valence-corrected chi connectivity index (χ2v) is 6.35. The maximum Gasteiger partial charge on any atom is 0.203 e. The Balaban J connectivity index is 1.90. The van der Waals surface area contributed by atoms with Crippen molar-refractivity contribution in [3.63, 3.8) is 0 Å². The maximum absolute atomic E-state index is 5.47. The van der Waals surface area contributed by atoms with Gasteiger partial charge in [0.15, 0.2) is 17.1 Å². The number of rotatable bonds is 5. The van der Waals surface area contributed by atoms with E-state index in [0.717, 1.165) is 28.2 Å². The second-order valence-electron chi connectivity index (χ2n) is 5.57. The first-order valence-corrected chi connectivity index (χ1v) is 8.85. The molecular formula is C19H17N3O3S. The fraction of sp³-hybridized carbons (Fsp3) is 0.158. The summed E-state index contributed by atoms with van der Waals surface area (Å²) in [6.07, 6.45) is 5.58. The van der Waals surface area contributed by atoms with Gasteiger partial charge in [-0.1, -0.05) is 0 Å². The highest BCUT2D eigenvalue weighted by atomic mass is 32.1. The van der Waals surface area contributed by atoms with Crippen LogP contribution in [0.15, 0.2) is 47.5 Å². The molecular weight excluding hydrogens is 350 g/mol. The average Bonchev–Trinajstić information content (AvgIpc) is 3.36. The van der Waals surface area contributed by atoms with Gasteiger partial charge >= 0.3 is 0 Å². The van der Waals surface area contributed by atoms with Crippen molar-refractivity contribution in [1.29, 1.82) is 0 Å². The van der Waals surface area contributed by atoms with Crippen LogP contribution in [-0.4, -0.2) is 35.7 Å². The summed E-state index contributed by atoms with van der Waals surface area (Å²) in [4.78, 5) is 8.97. The number of fused-ring (bicyclic) bond motifs is 1. The van der Waals surface area contributed by atoms with E-state index in [2.05, 4.69) is 21.4 Å². The van der Waals surface area contributed by atoms with E-state index in [0.29, 0.717) is 17.2 Å². The van der Waals surface area contributed by atoms with Crippen molar-refractivity contribution in [2.24, 2.45) is 0 Å². The molecule has 0 unspecified atom stereocenters. The number of benzene rings is 1. The van der Waals surface area contributed by atoms with Crippen LogP contribution < -0.4 is 14.2 Å². The van der Waals surface area contributed by atoms with Crippen LogP contribution in [0.2, 0.25) is 0 Å². The van der Waals surface area contributed by atoms with E-state index in [1.165, 1.54) is 0 Å². The van der Waals surface area contributed by atoms with Crippen molar-refractivity contribution >= 4 is 17.0 Å². The van der Waals surface area contributed by atoms with Gasteiger partial charge in [-0.05, 0) is 23.6 Å². The van der Waals surface area contributed by atoms with E-state index in [4.69, 9.17) is 14.2 Å². The lowest BCUT2D eigenvalue weighted by Crippen LogP contribution is -1.97. The first-order valence-electron chi connectivity index (χ1n) is 7.91. The predicted molar refractivity (Wildman–Crippen MR) is 101 cm³/mol. The molecule has 0 atom stereocenters. The number of aromatic nitrogens is 3. The Kier molecular flexibility index (Phi) is 4.22. The molecule has 4 rings (SSSR count). The third-order valence-electron chi connectivity index (χ3n) is 4.17. The van der Waals surface area contributed by atoms with Gasteiger partial charge < -0.3 is 14.2 Å². The summed E-state index contributed by atoms with van der Waals surface area (Å²) in [5.41, 5.74) is 4.58. The molecule has 7 heteroatoms. The first kappa shape index (κ1) is 16.4. The number of hydrogen-bond donors (Lipinski definition) is 0. The van der Waals surface area contributed by atoms with Crippen LogP contribution in [0.5, 0.6) is 17.2 Å². The highest BCUT2D eigenvalue weighted by Crippen LogP contribution is 2.41. The van der Waals surface area contributed by atoms with Crippen molar-refractivity contribution in [2.45, 2.75) is 0 Å². The Morgan fingerprint density at radius 2 is 1.69 bits per heavy atom. The molecule has 0 aliphatic rings. The summed E-state index contributed by atoms with van der Waals surface area (Å²) in [5, 5.41) is 4.11. The number of nitrogens with zero attached hydrogens (tertiary/aromatic N) is 3. The second kappa shape index (κ2) is 6.68. The van der Waals surface area contributed by atoms with Crippen LogP contribution in [-0.2, 0) is 0 Å². The zero-order chi connectivity index (χ0) is 18.1. The summed E-state index contributed by atoms with van der Waals surface area (Å²) in [6.45, 7) is 0. The minimum Gasteiger partial charge on any atom is -0.493 e. The molecule has 0 aliphatic carbocycles. The van der Waals surface area contributed by atoms with E-state index >= 15 is 0 Å². The molecule has 26 heavy (non-hydrogen) atoms. The Bertz CT molecular complexity index is 1030. The highest BCUT2D eigenvalue weighted by molar-refractivity contribution is 7.08. The quantitative estimate of drug-likeness (QED) is 0.530. The monoisotopic (exact) mass is 367 g/mol. The topological polar surface area (TPSA) is 57.9 Å². The van der Waals surface area contributed by atoms with Crippen LogP contribution in [0.3, 0.4) is 0 Å². The first-order chi connectivity index (χ1) is 12.7. The van der Waals surface area contributed by atoms with Gasteiger partial charge in [0.25, 0.3) is 0 Å². The number of methoxy groups -OCH3 is 3. The predicted octanol–water partition coefficient (Wildman–Crippen LogP) is 4.15.